The topological polar surface area (TPSA) is 55.1 Å². The number of carbonyl (C=O) groups is 1. The van der Waals surface area contributed by atoms with E-state index in [0.717, 1.165) is 6.42 Å². The van der Waals surface area contributed by atoms with Crippen LogP contribution >= 0.6 is 12.4 Å². The second-order valence-electron chi connectivity index (χ2n) is 6.20. The fourth-order valence-corrected chi connectivity index (χ4v) is 2.34. The van der Waals surface area contributed by atoms with Crippen molar-refractivity contribution in [3.8, 4) is 0 Å². The van der Waals surface area contributed by atoms with Crippen LogP contribution in [0.2, 0.25) is 0 Å². The molecule has 0 bridgehead atoms. The molecular formula is C17H27ClN2O. The Bertz CT molecular complexity index is 441. The Balaban J connectivity index is 0.00000220. The zero-order valence-electron chi connectivity index (χ0n) is 13.0. The maximum Gasteiger partial charge on any atom is 0.220 e. The monoisotopic (exact) mass is 310 g/mol. The first kappa shape index (κ1) is 18.0. The first-order valence-electron chi connectivity index (χ1n) is 7.67. The van der Waals surface area contributed by atoms with Crippen molar-refractivity contribution in [1.29, 1.82) is 0 Å². The molecule has 1 amide bonds. The van der Waals surface area contributed by atoms with Gasteiger partial charge in [0.05, 0.1) is 0 Å². The van der Waals surface area contributed by atoms with Crippen LogP contribution in [0.5, 0.6) is 0 Å². The van der Waals surface area contributed by atoms with Crippen molar-refractivity contribution >= 4 is 18.3 Å². The SMILES string of the molecule is CC(C)c1ccc(CCC(=O)NCC(N)C2CC2)cc1.Cl. The highest BCUT2D eigenvalue weighted by Crippen LogP contribution is 2.31. The third-order valence-electron chi connectivity index (χ3n) is 4.05. The number of hydrogen-bond donors (Lipinski definition) is 2. The van der Waals surface area contributed by atoms with Gasteiger partial charge in [0, 0.05) is 19.0 Å². The molecule has 1 saturated carbocycles. The van der Waals surface area contributed by atoms with Crippen LogP contribution < -0.4 is 11.1 Å². The molecule has 0 heterocycles. The summed E-state index contributed by atoms with van der Waals surface area (Å²) in [4.78, 5) is 11.8. The second kappa shape index (κ2) is 8.40. The van der Waals surface area contributed by atoms with Crippen molar-refractivity contribution in [2.75, 3.05) is 6.54 Å². The number of nitrogens with two attached hydrogens (primary N) is 1. The summed E-state index contributed by atoms with van der Waals surface area (Å²) in [6, 6.07) is 8.70. The second-order valence-corrected chi connectivity index (χ2v) is 6.20. The van der Waals surface area contributed by atoms with Gasteiger partial charge in [-0.3, -0.25) is 4.79 Å². The molecule has 3 N–H and O–H groups in total. The first-order valence-corrected chi connectivity index (χ1v) is 7.67. The van der Waals surface area contributed by atoms with Gasteiger partial charge in [-0.1, -0.05) is 38.1 Å². The molecule has 1 unspecified atom stereocenters. The zero-order chi connectivity index (χ0) is 14.5. The van der Waals surface area contributed by atoms with E-state index in [-0.39, 0.29) is 24.4 Å². The first-order chi connectivity index (χ1) is 9.56. The average Bonchev–Trinajstić information content (AvgIpc) is 3.27. The lowest BCUT2D eigenvalue weighted by molar-refractivity contribution is -0.121. The van der Waals surface area contributed by atoms with Gasteiger partial charge < -0.3 is 11.1 Å². The summed E-state index contributed by atoms with van der Waals surface area (Å²) in [5.41, 5.74) is 8.52. The maximum absolute atomic E-state index is 11.8. The van der Waals surface area contributed by atoms with E-state index in [1.807, 2.05) is 0 Å². The Kier molecular flexibility index (Phi) is 7.20. The molecule has 3 nitrogen and oxygen atoms in total. The Hall–Kier alpha value is -1.06. The van der Waals surface area contributed by atoms with Crippen molar-refractivity contribution in [2.24, 2.45) is 11.7 Å². The zero-order valence-corrected chi connectivity index (χ0v) is 13.8. The molecule has 0 aliphatic heterocycles. The van der Waals surface area contributed by atoms with Gasteiger partial charge in [0.2, 0.25) is 5.91 Å². The fraction of sp³-hybridized carbons (Fsp3) is 0.588. The summed E-state index contributed by atoms with van der Waals surface area (Å²) in [7, 11) is 0. The van der Waals surface area contributed by atoms with Crippen LogP contribution in [0.1, 0.15) is 50.2 Å². The maximum atomic E-state index is 11.8. The van der Waals surface area contributed by atoms with Crippen LogP contribution in [0.15, 0.2) is 24.3 Å². The number of carbonyl (C=O) groups excluding carboxylic acids is 1. The average molecular weight is 311 g/mol. The summed E-state index contributed by atoms with van der Waals surface area (Å²) < 4.78 is 0. The Morgan fingerprint density at radius 1 is 1.29 bits per heavy atom. The highest BCUT2D eigenvalue weighted by molar-refractivity contribution is 5.85. The van der Waals surface area contributed by atoms with E-state index >= 15 is 0 Å². The number of nitrogens with one attached hydrogen (secondary N) is 1. The molecule has 1 fully saturated rings. The van der Waals surface area contributed by atoms with Gasteiger partial charge in [-0.2, -0.15) is 0 Å². The molecule has 21 heavy (non-hydrogen) atoms. The van der Waals surface area contributed by atoms with E-state index in [4.69, 9.17) is 5.73 Å². The summed E-state index contributed by atoms with van der Waals surface area (Å²) in [6.07, 6.45) is 3.78. The molecule has 1 aromatic rings. The number of hydrogen-bond acceptors (Lipinski definition) is 2. The molecule has 1 atom stereocenters. The molecule has 1 aliphatic rings. The molecule has 0 aromatic heterocycles. The molecule has 4 heteroatoms. The predicted octanol–water partition coefficient (Wildman–Crippen LogP) is 3.02. The van der Waals surface area contributed by atoms with Crippen molar-refractivity contribution in [3.63, 3.8) is 0 Å². The van der Waals surface area contributed by atoms with Crippen LogP contribution in [-0.2, 0) is 11.2 Å². The van der Waals surface area contributed by atoms with E-state index in [2.05, 4.69) is 43.4 Å². The normalized spacial score (nSPS) is 15.4. The van der Waals surface area contributed by atoms with Crippen LogP contribution in [0.25, 0.3) is 0 Å². The van der Waals surface area contributed by atoms with E-state index in [1.54, 1.807) is 0 Å². The van der Waals surface area contributed by atoms with Crippen molar-refractivity contribution < 1.29 is 4.79 Å². The summed E-state index contributed by atoms with van der Waals surface area (Å²) in [5, 5.41) is 2.94. The molecule has 0 spiro atoms. The Labute approximate surface area is 134 Å². The predicted molar refractivity (Wildman–Crippen MR) is 89.8 cm³/mol. The molecule has 2 rings (SSSR count). The lowest BCUT2D eigenvalue weighted by Gasteiger charge is -2.11. The van der Waals surface area contributed by atoms with Gasteiger partial charge in [0.25, 0.3) is 0 Å². The standard InChI is InChI=1S/C17H26N2O.ClH/c1-12(2)14-6-3-13(4-7-14)5-10-17(20)19-11-16(18)15-8-9-15;/h3-4,6-7,12,15-16H,5,8-11,18H2,1-2H3,(H,19,20);1H. The lowest BCUT2D eigenvalue weighted by atomic mass is 10.0. The largest absolute Gasteiger partial charge is 0.355 e. The third-order valence-corrected chi connectivity index (χ3v) is 4.05. The molecule has 0 radical (unpaired) electrons. The molecule has 0 saturated heterocycles. The Morgan fingerprint density at radius 2 is 1.90 bits per heavy atom. The quantitative estimate of drug-likeness (QED) is 0.813. The molecule has 1 aliphatic carbocycles. The van der Waals surface area contributed by atoms with Crippen molar-refractivity contribution in [3.05, 3.63) is 35.4 Å². The third kappa shape index (κ3) is 6.06. The smallest absolute Gasteiger partial charge is 0.220 e. The van der Waals surface area contributed by atoms with Gasteiger partial charge in [-0.15, -0.1) is 12.4 Å². The number of rotatable bonds is 7. The van der Waals surface area contributed by atoms with Crippen molar-refractivity contribution in [2.45, 2.75) is 51.5 Å². The molecule has 118 valence electrons. The van der Waals surface area contributed by atoms with E-state index < -0.39 is 0 Å². The minimum atomic E-state index is 0. The van der Waals surface area contributed by atoms with Gasteiger partial charge >= 0.3 is 0 Å². The number of aryl methyl sites for hydroxylation is 1. The lowest BCUT2D eigenvalue weighted by Crippen LogP contribution is -2.38. The number of benzene rings is 1. The van der Waals surface area contributed by atoms with E-state index in [0.29, 0.717) is 24.8 Å². The van der Waals surface area contributed by atoms with Gasteiger partial charge in [0.1, 0.15) is 0 Å². The summed E-state index contributed by atoms with van der Waals surface area (Å²) in [6.45, 7) is 4.99. The molecule has 1 aromatic carbocycles. The molecular weight excluding hydrogens is 284 g/mol. The van der Waals surface area contributed by atoms with E-state index in [9.17, 15) is 4.79 Å². The van der Waals surface area contributed by atoms with Crippen LogP contribution in [0.4, 0.5) is 0 Å². The minimum absolute atomic E-state index is 0. The van der Waals surface area contributed by atoms with Crippen LogP contribution in [0, 0.1) is 5.92 Å². The Morgan fingerprint density at radius 3 is 2.43 bits per heavy atom. The fourth-order valence-electron chi connectivity index (χ4n) is 2.34. The highest BCUT2D eigenvalue weighted by atomic mass is 35.5. The summed E-state index contributed by atoms with van der Waals surface area (Å²) >= 11 is 0. The number of halogens is 1. The summed E-state index contributed by atoms with van der Waals surface area (Å²) in [5.74, 6) is 1.30. The van der Waals surface area contributed by atoms with Gasteiger partial charge in [-0.05, 0) is 42.2 Å². The van der Waals surface area contributed by atoms with Gasteiger partial charge in [0.15, 0.2) is 0 Å². The van der Waals surface area contributed by atoms with Crippen LogP contribution in [0.3, 0.4) is 0 Å². The van der Waals surface area contributed by atoms with Gasteiger partial charge in [-0.25, -0.2) is 0 Å². The van der Waals surface area contributed by atoms with Crippen LogP contribution in [-0.4, -0.2) is 18.5 Å². The van der Waals surface area contributed by atoms with E-state index in [1.165, 1.54) is 24.0 Å². The number of amides is 1. The minimum Gasteiger partial charge on any atom is -0.355 e. The highest BCUT2D eigenvalue weighted by Gasteiger charge is 2.28. The van der Waals surface area contributed by atoms with Crippen molar-refractivity contribution in [1.82, 2.24) is 5.32 Å².